The molecular formula is C17H20FNO2. The van der Waals surface area contributed by atoms with Gasteiger partial charge in [-0.2, -0.15) is 0 Å². The van der Waals surface area contributed by atoms with Gasteiger partial charge in [0.1, 0.15) is 17.3 Å². The first-order chi connectivity index (χ1) is 10.2. The van der Waals surface area contributed by atoms with Gasteiger partial charge in [0, 0.05) is 25.8 Å². The smallest absolute Gasteiger partial charge is 0.134 e. The average Bonchev–Trinajstić information content (AvgIpc) is 2.93. The van der Waals surface area contributed by atoms with Gasteiger partial charge in [0.2, 0.25) is 0 Å². The van der Waals surface area contributed by atoms with Crippen LogP contribution in [0.4, 0.5) is 4.39 Å². The number of methoxy groups -OCH3 is 1. The van der Waals surface area contributed by atoms with Crippen molar-refractivity contribution in [1.82, 2.24) is 5.32 Å². The minimum atomic E-state index is -0.247. The van der Waals surface area contributed by atoms with E-state index in [9.17, 15) is 4.39 Å². The van der Waals surface area contributed by atoms with Crippen molar-refractivity contribution in [2.45, 2.75) is 6.92 Å². The molecule has 112 valence electrons. The lowest BCUT2D eigenvalue weighted by Gasteiger charge is -2.03. The summed E-state index contributed by atoms with van der Waals surface area (Å²) in [6.45, 7) is 4.35. The summed E-state index contributed by atoms with van der Waals surface area (Å²) in [7, 11) is 1.68. The Morgan fingerprint density at radius 2 is 2.00 bits per heavy atom. The Hall–Kier alpha value is -1.91. The molecule has 0 aliphatic rings. The van der Waals surface area contributed by atoms with E-state index in [0.717, 1.165) is 30.2 Å². The zero-order valence-electron chi connectivity index (χ0n) is 12.4. The van der Waals surface area contributed by atoms with Crippen LogP contribution < -0.4 is 5.32 Å². The van der Waals surface area contributed by atoms with E-state index in [1.54, 1.807) is 19.2 Å². The summed E-state index contributed by atoms with van der Waals surface area (Å²) >= 11 is 0. The van der Waals surface area contributed by atoms with E-state index in [4.69, 9.17) is 9.15 Å². The van der Waals surface area contributed by atoms with E-state index < -0.39 is 0 Å². The molecule has 4 heteroatoms. The zero-order chi connectivity index (χ0) is 15.1. The molecule has 3 nitrogen and oxygen atoms in total. The van der Waals surface area contributed by atoms with Crippen LogP contribution in [0.3, 0.4) is 0 Å². The molecular weight excluding hydrogens is 269 g/mol. The second-order valence-electron chi connectivity index (χ2n) is 4.87. The minimum Gasteiger partial charge on any atom is -0.457 e. The summed E-state index contributed by atoms with van der Waals surface area (Å²) in [6.07, 6.45) is 1.99. The third kappa shape index (κ3) is 4.85. The van der Waals surface area contributed by atoms with Crippen LogP contribution in [0.1, 0.15) is 12.7 Å². The van der Waals surface area contributed by atoms with Crippen molar-refractivity contribution in [3.63, 3.8) is 0 Å². The molecule has 0 aliphatic heterocycles. The average molecular weight is 289 g/mol. The number of rotatable bonds is 7. The van der Waals surface area contributed by atoms with Gasteiger partial charge in [0.05, 0.1) is 6.61 Å². The maximum absolute atomic E-state index is 12.9. The molecule has 0 aliphatic carbocycles. The lowest BCUT2D eigenvalue weighted by molar-refractivity contribution is 0.200. The molecule has 1 N–H and O–H groups in total. The molecule has 0 spiro atoms. The van der Waals surface area contributed by atoms with Crippen LogP contribution in [-0.4, -0.2) is 26.8 Å². The van der Waals surface area contributed by atoms with E-state index in [2.05, 4.69) is 5.32 Å². The number of benzene rings is 1. The van der Waals surface area contributed by atoms with E-state index in [1.807, 2.05) is 25.1 Å². The standard InChI is InChI=1S/C17H20FNO2/c1-13(12-19-9-10-20-2)11-16-7-8-17(21-16)14-3-5-15(18)6-4-14/h3-8,11,19H,9-10,12H2,1-2H3. The lowest BCUT2D eigenvalue weighted by atomic mass is 10.2. The number of nitrogens with one attached hydrogen (secondary N) is 1. The maximum Gasteiger partial charge on any atom is 0.134 e. The van der Waals surface area contributed by atoms with E-state index in [0.29, 0.717) is 6.61 Å². The Morgan fingerprint density at radius 3 is 2.71 bits per heavy atom. The van der Waals surface area contributed by atoms with Crippen LogP contribution in [0.2, 0.25) is 0 Å². The largest absolute Gasteiger partial charge is 0.457 e. The number of furan rings is 1. The molecule has 0 bridgehead atoms. The third-order valence-electron chi connectivity index (χ3n) is 3.03. The highest BCUT2D eigenvalue weighted by atomic mass is 19.1. The first-order valence-electron chi connectivity index (χ1n) is 6.91. The van der Waals surface area contributed by atoms with Crippen LogP contribution >= 0.6 is 0 Å². The SMILES string of the molecule is COCCNCC(C)=Cc1ccc(-c2ccc(F)cc2)o1. The number of hydrogen-bond acceptors (Lipinski definition) is 3. The van der Waals surface area contributed by atoms with Crippen molar-refractivity contribution in [1.29, 1.82) is 0 Å². The molecule has 0 amide bonds. The topological polar surface area (TPSA) is 34.4 Å². The Morgan fingerprint density at radius 1 is 1.24 bits per heavy atom. The van der Waals surface area contributed by atoms with Gasteiger partial charge in [0.15, 0.2) is 0 Å². The summed E-state index contributed by atoms with van der Waals surface area (Å²) in [4.78, 5) is 0. The van der Waals surface area contributed by atoms with Gasteiger partial charge in [-0.1, -0.05) is 5.57 Å². The highest BCUT2D eigenvalue weighted by Gasteiger charge is 2.04. The molecule has 0 fully saturated rings. The van der Waals surface area contributed by atoms with Crippen LogP contribution in [0.5, 0.6) is 0 Å². The molecule has 1 heterocycles. The predicted octanol–water partition coefficient (Wildman–Crippen LogP) is 3.73. The lowest BCUT2D eigenvalue weighted by Crippen LogP contribution is -2.20. The zero-order valence-corrected chi connectivity index (χ0v) is 12.4. The van der Waals surface area contributed by atoms with Crippen molar-refractivity contribution in [3.8, 4) is 11.3 Å². The number of halogens is 1. The van der Waals surface area contributed by atoms with Crippen molar-refractivity contribution in [2.24, 2.45) is 0 Å². The highest BCUT2D eigenvalue weighted by Crippen LogP contribution is 2.23. The van der Waals surface area contributed by atoms with Gasteiger partial charge < -0.3 is 14.5 Å². The first-order valence-corrected chi connectivity index (χ1v) is 6.91. The Kier molecular flexibility index (Phi) is 5.72. The molecule has 2 aromatic rings. The van der Waals surface area contributed by atoms with Crippen molar-refractivity contribution in [3.05, 3.63) is 53.5 Å². The summed E-state index contributed by atoms with van der Waals surface area (Å²) < 4.78 is 23.6. The van der Waals surface area contributed by atoms with Gasteiger partial charge in [-0.25, -0.2) is 4.39 Å². The van der Waals surface area contributed by atoms with Gasteiger partial charge in [0.25, 0.3) is 0 Å². The normalized spacial score (nSPS) is 11.9. The van der Waals surface area contributed by atoms with Crippen molar-refractivity contribution in [2.75, 3.05) is 26.8 Å². The van der Waals surface area contributed by atoms with Gasteiger partial charge in [-0.3, -0.25) is 0 Å². The number of hydrogen-bond donors (Lipinski definition) is 1. The molecule has 1 aromatic carbocycles. The van der Waals surface area contributed by atoms with Crippen molar-refractivity contribution < 1.29 is 13.5 Å². The van der Waals surface area contributed by atoms with Crippen LogP contribution in [-0.2, 0) is 4.74 Å². The number of ether oxygens (including phenoxy) is 1. The van der Waals surface area contributed by atoms with Gasteiger partial charge in [-0.05, 0) is 49.4 Å². The van der Waals surface area contributed by atoms with E-state index >= 15 is 0 Å². The van der Waals surface area contributed by atoms with Crippen LogP contribution in [0.15, 0.2) is 46.4 Å². The Labute approximate surface area is 124 Å². The molecule has 0 unspecified atom stereocenters. The van der Waals surface area contributed by atoms with Gasteiger partial charge >= 0.3 is 0 Å². The van der Waals surface area contributed by atoms with Crippen LogP contribution in [0.25, 0.3) is 17.4 Å². The summed E-state index contributed by atoms with van der Waals surface area (Å²) in [5, 5.41) is 3.27. The summed E-state index contributed by atoms with van der Waals surface area (Å²) in [5.74, 6) is 1.28. The molecule has 0 saturated carbocycles. The molecule has 0 saturated heterocycles. The summed E-state index contributed by atoms with van der Waals surface area (Å²) in [6, 6.07) is 10.1. The summed E-state index contributed by atoms with van der Waals surface area (Å²) in [5.41, 5.74) is 2.04. The highest BCUT2D eigenvalue weighted by molar-refractivity contribution is 5.60. The molecule has 0 radical (unpaired) electrons. The fourth-order valence-corrected chi connectivity index (χ4v) is 1.95. The van der Waals surface area contributed by atoms with Crippen molar-refractivity contribution >= 4 is 6.08 Å². The Balaban J connectivity index is 1.97. The third-order valence-corrected chi connectivity index (χ3v) is 3.03. The first kappa shape index (κ1) is 15.5. The van der Waals surface area contributed by atoms with E-state index in [1.165, 1.54) is 17.7 Å². The second-order valence-corrected chi connectivity index (χ2v) is 4.87. The maximum atomic E-state index is 12.9. The molecule has 1 aromatic heterocycles. The fourth-order valence-electron chi connectivity index (χ4n) is 1.95. The second kappa shape index (κ2) is 7.76. The minimum absolute atomic E-state index is 0.247. The Bertz CT molecular complexity index is 587. The molecule has 21 heavy (non-hydrogen) atoms. The fraction of sp³-hybridized carbons (Fsp3) is 0.294. The molecule has 2 rings (SSSR count). The monoisotopic (exact) mass is 289 g/mol. The quantitative estimate of drug-likeness (QED) is 0.789. The van der Waals surface area contributed by atoms with E-state index in [-0.39, 0.29) is 5.82 Å². The van der Waals surface area contributed by atoms with Crippen LogP contribution in [0, 0.1) is 5.82 Å². The van der Waals surface area contributed by atoms with Gasteiger partial charge in [-0.15, -0.1) is 0 Å². The predicted molar refractivity (Wildman–Crippen MR) is 82.5 cm³/mol. The molecule has 0 atom stereocenters.